The summed E-state index contributed by atoms with van der Waals surface area (Å²) >= 11 is 0. The van der Waals surface area contributed by atoms with Gasteiger partial charge in [-0.1, -0.05) is 115 Å². The fourth-order valence-electron chi connectivity index (χ4n) is 6.72. The molecule has 0 unspecified atom stereocenters. The van der Waals surface area contributed by atoms with Crippen molar-refractivity contribution in [2.45, 2.75) is 13.8 Å². The maximum Gasteiger partial charge on any atom is 0.0540 e. The van der Waals surface area contributed by atoms with Crippen LogP contribution in [0.5, 0.6) is 0 Å². The Kier molecular flexibility index (Phi) is 5.33. The zero-order valence-corrected chi connectivity index (χ0v) is 23.2. The summed E-state index contributed by atoms with van der Waals surface area (Å²) < 4.78 is 0. The topological polar surface area (TPSA) is 3.24 Å². The van der Waals surface area contributed by atoms with Crippen molar-refractivity contribution in [3.05, 3.63) is 150 Å². The Hall–Kier alpha value is -5.14. The second kappa shape index (κ2) is 9.21. The van der Waals surface area contributed by atoms with Gasteiger partial charge in [-0.3, -0.25) is 0 Å². The van der Waals surface area contributed by atoms with Crippen LogP contribution in [0, 0.1) is 6.92 Å². The highest BCUT2D eigenvalue weighted by atomic mass is 15.1. The first-order valence-electron chi connectivity index (χ1n) is 14.3. The van der Waals surface area contributed by atoms with Crippen LogP contribution in [0.15, 0.2) is 133 Å². The van der Waals surface area contributed by atoms with E-state index in [4.69, 9.17) is 0 Å². The van der Waals surface area contributed by atoms with Crippen molar-refractivity contribution < 1.29 is 0 Å². The predicted molar refractivity (Wildman–Crippen MR) is 177 cm³/mol. The molecule has 0 fully saturated rings. The van der Waals surface area contributed by atoms with E-state index in [9.17, 15) is 0 Å². The van der Waals surface area contributed by atoms with E-state index in [-0.39, 0.29) is 0 Å². The molecule has 1 heteroatoms. The van der Waals surface area contributed by atoms with Crippen molar-refractivity contribution >= 4 is 50.3 Å². The van der Waals surface area contributed by atoms with E-state index >= 15 is 0 Å². The molecule has 0 radical (unpaired) electrons. The molecule has 0 N–H and O–H groups in total. The Balaban J connectivity index is 1.39. The summed E-state index contributed by atoms with van der Waals surface area (Å²) in [6.07, 6.45) is 10.8. The van der Waals surface area contributed by atoms with Gasteiger partial charge < -0.3 is 4.90 Å². The molecule has 0 saturated carbocycles. The fourth-order valence-corrected chi connectivity index (χ4v) is 6.72. The average molecular weight is 524 g/mol. The Bertz CT molecular complexity index is 2080. The summed E-state index contributed by atoms with van der Waals surface area (Å²) in [5, 5.41) is 5.19. The SMILES string of the molecule is C/C=C\C=C/C1=Cc2ccc(N(c3ccc(C)cc3)c3ccc4c5c(cccc35)-c3ccccc3-4)c3cccc1c23. The molecule has 0 aliphatic heterocycles. The van der Waals surface area contributed by atoms with Crippen LogP contribution >= 0.6 is 0 Å². The summed E-state index contributed by atoms with van der Waals surface area (Å²) in [5.41, 5.74) is 13.9. The Morgan fingerprint density at radius 2 is 1.17 bits per heavy atom. The highest BCUT2D eigenvalue weighted by Crippen LogP contribution is 2.52. The summed E-state index contributed by atoms with van der Waals surface area (Å²) in [6, 6.07) is 40.4. The van der Waals surface area contributed by atoms with Crippen LogP contribution in [0.25, 0.3) is 55.4 Å². The van der Waals surface area contributed by atoms with Crippen LogP contribution in [0.1, 0.15) is 23.6 Å². The molecule has 0 atom stereocenters. The molecule has 0 heterocycles. The lowest BCUT2D eigenvalue weighted by Gasteiger charge is -2.29. The lowest BCUT2D eigenvalue weighted by Crippen LogP contribution is -2.11. The number of benzene rings is 6. The number of hydrogen-bond donors (Lipinski definition) is 0. The van der Waals surface area contributed by atoms with Gasteiger partial charge in [0.25, 0.3) is 0 Å². The zero-order valence-electron chi connectivity index (χ0n) is 23.2. The minimum Gasteiger partial charge on any atom is -0.309 e. The highest BCUT2D eigenvalue weighted by Gasteiger charge is 2.26. The van der Waals surface area contributed by atoms with Gasteiger partial charge in [-0.25, -0.2) is 0 Å². The Labute approximate surface area is 241 Å². The number of allylic oxidation sites excluding steroid dienone is 5. The molecule has 1 nitrogen and oxygen atoms in total. The van der Waals surface area contributed by atoms with Crippen molar-refractivity contribution in [2.75, 3.05) is 4.90 Å². The summed E-state index contributed by atoms with van der Waals surface area (Å²) in [4.78, 5) is 2.46. The lowest BCUT2D eigenvalue weighted by molar-refractivity contribution is 1.30. The van der Waals surface area contributed by atoms with E-state index in [2.05, 4.69) is 151 Å². The molecule has 41 heavy (non-hydrogen) atoms. The first-order valence-corrected chi connectivity index (χ1v) is 14.3. The van der Waals surface area contributed by atoms with Gasteiger partial charge in [-0.15, -0.1) is 0 Å². The van der Waals surface area contributed by atoms with Crippen LogP contribution in [0.4, 0.5) is 17.1 Å². The molecule has 6 aromatic carbocycles. The van der Waals surface area contributed by atoms with E-state index in [1.165, 1.54) is 77.4 Å². The molecule has 0 amide bonds. The van der Waals surface area contributed by atoms with Crippen molar-refractivity contribution in [2.24, 2.45) is 0 Å². The molecule has 0 saturated heterocycles. The van der Waals surface area contributed by atoms with Gasteiger partial charge in [-0.2, -0.15) is 0 Å². The van der Waals surface area contributed by atoms with E-state index in [0.29, 0.717) is 0 Å². The highest BCUT2D eigenvalue weighted by molar-refractivity contribution is 6.20. The maximum absolute atomic E-state index is 2.46. The third-order valence-corrected chi connectivity index (χ3v) is 8.55. The predicted octanol–water partition coefficient (Wildman–Crippen LogP) is 11.4. The van der Waals surface area contributed by atoms with Crippen molar-refractivity contribution in [1.82, 2.24) is 0 Å². The zero-order chi connectivity index (χ0) is 27.5. The number of hydrogen-bond acceptors (Lipinski definition) is 1. The van der Waals surface area contributed by atoms with Gasteiger partial charge in [0.05, 0.1) is 11.4 Å². The van der Waals surface area contributed by atoms with Gasteiger partial charge in [0, 0.05) is 16.5 Å². The third-order valence-electron chi connectivity index (χ3n) is 8.55. The van der Waals surface area contributed by atoms with Crippen LogP contribution in [-0.2, 0) is 0 Å². The van der Waals surface area contributed by atoms with E-state index in [1.54, 1.807) is 0 Å². The van der Waals surface area contributed by atoms with Gasteiger partial charge in [-0.05, 0) is 93.9 Å². The number of anilines is 3. The van der Waals surface area contributed by atoms with Gasteiger partial charge in [0.15, 0.2) is 0 Å². The minimum absolute atomic E-state index is 1.16. The van der Waals surface area contributed by atoms with Crippen molar-refractivity contribution in [3.8, 4) is 22.3 Å². The molecule has 0 spiro atoms. The monoisotopic (exact) mass is 523 g/mol. The first-order chi connectivity index (χ1) is 20.2. The second-order valence-corrected chi connectivity index (χ2v) is 11.0. The lowest BCUT2D eigenvalue weighted by atomic mass is 9.97. The van der Waals surface area contributed by atoms with Crippen LogP contribution in [0.2, 0.25) is 0 Å². The first kappa shape index (κ1) is 23.7. The summed E-state index contributed by atoms with van der Waals surface area (Å²) in [6.45, 7) is 4.20. The quantitative estimate of drug-likeness (QED) is 0.203. The summed E-state index contributed by atoms with van der Waals surface area (Å²) in [5.74, 6) is 0. The normalized spacial score (nSPS) is 13.1. The molecular formula is C40H29N. The number of fused-ring (bicyclic) bond motifs is 3. The Morgan fingerprint density at radius 1 is 0.537 bits per heavy atom. The average Bonchev–Trinajstić information content (AvgIpc) is 3.54. The maximum atomic E-state index is 2.46. The van der Waals surface area contributed by atoms with Crippen molar-refractivity contribution in [3.63, 3.8) is 0 Å². The smallest absolute Gasteiger partial charge is 0.0540 e. The van der Waals surface area contributed by atoms with Gasteiger partial charge in [0.2, 0.25) is 0 Å². The van der Waals surface area contributed by atoms with Gasteiger partial charge in [0.1, 0.15) is 0 Å². The minimum atomic E-state index is 1.16. The van der Waals surface area contributed by atoms with Crippen LogP contribution in [0.3, 0.4) is 0 Å². The number of aryl methyl sites for hydroxylation is 1. The largest absolute Gasteiger partial charge is 0.309 e. The van der Waals surface area contributed by atoms with E-state index < -0.39 is 0 Å². The number of rotatable bonds is 5. The molecule has 0 aromatic heterocycles. The summed E-state index contributed by atoms with van der Waals surface area (Å²) in [7, 11) is 0. The molecule has 194 valence electrons. The molecule has 2 aliphatic rings. The second-order valence-electron chi connectivity index (χ2n) is 11.0. The third kappa shape index (κ3) is 3.56. The molecule has 0 bridgehead atoms. The molecule has 6 aromatic rings. The van der Waals surface area contributed by atoms with Crippen LogP contribution in [-0.4, -0.2) is 0 Å². The number of nitrogens with zero attached hydrogens (tertiary/aromatic N) is 1. The molecule has 2 aliphatic carbocycles. The van der Waals surface area contributed by atoms with Gasteiger partial charge >= 0.3 is 0 Å². The van der Waals surface area contributed by atoms with E-state index in [1.807, 2.05) is 6.92 Å². The fraction of sp³-hybridized carbons (Fsp3) is 0.0500. The van der Waals surface area contributed by atoms with Crippen LogP contribution < -0.4 is 4.90 Å². The van der Waals surface area contributed by atoms with E-state index in [0.717, 1.165) is 5.69 Å². The standard InChI is InChI=1S/C40H29N/c1-3-4-5-10-27-25-28-19-23-37(35-15-8-13-30(27)39(28)35)41(29-20-17-26(2)18-21-29)38-24-22-34-32-12-7-6-11-31(32)33-14-9-16-36(38)40(33)34/h3-25H,1-2H3/b4-3-,10-5-. The van der Waals surface area contributed by atoms with Crippen molar-refractivity contribution in [1.29, 1.82) is 0 Å². The molecular weight excluding hydrogens is 494 g/mol. The Morgan fingerprint density at radius 3 is 1.90 bits per heavy atom. The molecule has 8 rings (SSSR count).